The molecule has 6 nitrogen and oxygen atoms in total. The topological polar surface area (TPSA) is 70.2 Å². The number of hydrogen-bond donors (Lipinski definition) is 2. The number of carbonyl (C=O) groups excluding carboxylic acids is 1. The number of anilines is 4. The largest absolute Gasteiger partial charge is 0.372 e. The number of rotatable bonds is 5. The van der Waals surface area contributed by atoms with Crippen molar-refractivity contribution in [3.8, 4) is 0 Å². The molecule has 0 saturated carbocycles. The average Bonchev–Trinajstić information content (AvgIpc) is 3.26. The third kappa shape index (κ3) is 4.09. The second-order valence-corrected chi connectivity index (χ2v) is 6.60. The molecule has 0 unspecified atom stereocenters. The highest BCUT2D eigenvalue weighted by Gasteiger charge is 2.12. The van der Waals surface area contributed by atoms with E-state index in [-0.39, 0.29) is 11.3 Å². The molecule has 0 spiro atoms. The third-order valence-electron chi connectivity index (χ3n) is 4.63. The van der Waals surface area contributed by atoms with Gasteiger partial charge in [-0.25, -0.2) is 14.4 Å². The van der Waals surface area contributed by atoms with Gasteiger partial charge in [-0.2, -0.15) is 0 Å². The van der Waals surface area contributed by atoms with Crippen molar-refractivity contribution < 1.29 is 9.18 Å². The van der Waals surface area contributed by atoms with Crippen molar-refractivity contribution in [1.29, 1.82) is 0 Å². The fourth-order valence-electron chi connectivity index (χ4n) is 3.13. The number of aromatic nitrogens is 2. The molecule has 28 heavy (non-hydrogen) atoms. The van der Waals surface area contributed by atoms with Crippen molar-refractivity contribution in [3.05, 3.63) is 72.3 Å². The smallest absolute Gasteiger partial charge is 0.258 e. The lowest BCUT2D eigenvalue weighted by molar-refractivity contribution is 0.102. The first-order valence-electron chi connectivity index (χ1n) is 9.19. The molecule has 3 aromatic rings. The van der Waals surface area contributed by atoms with Gasteiger partial charge in [0.25, 0.3) is 5.91 Å². The summed E-state index contributed by atoms with van der Waals surface area (Å²) in [7, 11) is 0. The lowest BCUT2D eigenvalue weighted by Crippen LogP contribution is -2.17. The molecule has 1 saturated heterocycles. The van der Waals surface area contributed by atoms with Gasteiger partial charge in [-0.3, -0.25) is 4.79 Å². The first-order valence-corrected chi connectivity index (χ1v) is 9.19. The molecule has 0 radical (unpaired) electrons. The summed E-state index contributed by atoms with van der Waals surface area (Å²) in [5.74, 6) is -0.574. The van der Waals surface area contributed by atoms with E-state index in [0.717, 1.165) is 18.8 Å². The van der Waals surface area contributed by atoms with Crippen LogP contribution in [-0.2, 0) is 0 Å². The van der Waals surface area contributed by atoms with Gasteiger partial charge in [0.15, 0.2) is 0 Å². The molecular formula is C21H20FN5O. The number of amides is 1. The van der Waals surface area contributed by atoms with Crippen LogP contribution in [0.1, 0.15) is 23.2 Å². The highest BCUT2D eigenvalue weighted by Crippen LogP contribution is 2.23. The molecule has 2 aromatic carbocycles. The minimum atomic E-state index is -0.493. The van der Waals surface area contributed by atoms with Gasteiger partial charge in [-0.05, 0) is 49.2 Å². The third-order valence-corrected chi connectivity index (χ3v) is 4.63. The van der Waals surface area contributed by atoms with E-state index in [2.05, 4.69) is 37.6 Å². The summed E-state index contributed by atoms with van der Waals surface area (Å²) < 4.78 is 13.6. The minimum absolute atomic E-state index is 0.118. The van der Waals surface area contributed by atoms with Crippen LogP contribution in [0.15, 0.2) is 60.9 Å². The van der Waals surface area contributed by atoms with Crippen LogP contribution in [0.3, 0.4) is 0 Å². The molecule has 1 aromatic heterocycles. The Bertz CT molecular complexity index is 953. The predicted molar refractivity (Wildman–Crippen MR) is 108 cm³/mol. The van der Waals surface area contributed by atoms with Gasteiger partial charge in [0.2, 0.25) is 5.95 Å². The molecule has 0 aliphatic carbocycles. The van der Waals surface area contributed by atoms with Crippen molar-refractivity contribution in [3.63, 3.8) is 0 Å². The Morgan fingerprint density at radius 2 is 1.64 bits per heavy atom. The van der Waals surface area contributed by atoms with Crippen LogP contribution in [-0.4, -0.2) is 29.0 Å². The minimum Gasteiger partial charge on any atom is -0.372 e. The van der Waals surface area contributed by atoms with E-state index >= 15 is 0 Å². The Morgan fingerprint density at radius 1 is 0.964 bits per heavy atom. The van der Waals surface area contributed by atoms with Crippen LogP contribution in [0.4, 0.5) is 27.4 Å². The van der Waals surface area contributed by atoms with Crippen molar-refractivity contribution in [1.82, 2.24) is 9.97 Å². The van der Waals surface area contributed by atoms with Gasteiger partial charge in [0, 0.05) is 36.9 Å². The van der Waals surface area contributed by atoms with Crippen LogP contribution in [0.5, 0.6) is 0 Å². The Hall–Kier alpha value is -3.48. The molecule has 0 atom stereocenters. The number of hydrogen-bond acceptors (Lipinski definition) is 5. The highest BCUT2D eigenvalue weighted by atomic mass is 19.1. The summed E-state index contributed by atoms with van der Waals surface area (Å²) in [5, 5.41) is 5.62. The van der Waals surface area contributed by atoms with Gasteiger partial charge in [-0.15, -0.1) is 0 Å². The zero-order chi connectivity index (χ0) is 19.3. The summed E-state index contributed by atoms with van der Waals surface area (Å²) in [6.07, 6.45) is 5.30. The van der Waals surface area contributed by atoms with E-state index in [0.29, 0.717) is 5.95 Å². The van der Waals surface area contributed by atoms with Crippen molar-refractivity contribution in [2.24, 2.45) is 0 Å². The van der Waals surface area contributed by atoms with E-state index in [4.69, 9.17) is 0 Å². The Labute approximate surface area is 162 Å². The Balaban J connectivity index is 1.39. The predicted octanol–water partition coefficient (Wildman–Crippen LogP) is 4.21. The molecule has 2 heterocycles. The van der Waals surface area contributed by atoms with Gasteiger partial charge in [0.1, 0.15) is 5.82 Å². The second kappa shape index (κ2) is 8.04. The maximum atomic E-state index is 13.6. The number of para-hydroxylation sites is 1. The molecular weight excluding hydrogens is 357 g/mol. The fourth-order valence-corrected chi connectivity index (χ4v) is 3.13. The summed E-state index contributed by atoms with van der Waals surface area (Å²) in [5.41, 5.74) is 2.45. The number of halogens is 1. The Morgan fingerprint density at radius 3 is 2.32 bits per heavy atom. The van der Waals surface area contributed by atoms with Crippen LogP contribution in [0.2, 0.25) is 0 Å². The zero-order valence-electron chi connectivity index (χ0n) is 15.2. The monoisotopic (exact) mass is 377 g/mol. The maximum absolute atomic E-state index is 13.6. The molecule has 1 fully saturated rings. The van der Waals surface area contributed by atoms with E-state index in [1.165, 1.54) is 43.1 Å². The number of nitrogens with one attached hydrogen (secondary N) is 2. The molecule has 142 valence electrons. The van der Waals surface area contributed by atoms with Gasteiger partial charge < -0.3 is 15.5 Å². The average molecular weight is 377 g/mol. The molecule has 4 rings (SSSR count). The van der Waals surface area contributed by atoms with Crippen LogP contribution >= 0.6 is 0 Å². The van der Waals surface area contributed by atoms with Crippen LogP contribution < -0.4 is 15.5 Å². The summed E-state index contributed by atoms with van der Waals surface area (Å²) in [6, 6.07) is 14.1. The van der Waals surface area contributed by atoms with E-state index < -0.39 is 11.7 Å². The van der Waals surface area contributed by atoms with Crippen molar-refractivity contribution >= 4 is 28.9 Å². The second-order valence-electron chi connectivity index (χ2n) is 6.60. The maximum Gasteiger partial charge on any atom is 0.258 e. The summed E-state index contributed by atoms with van der Waals surface area (Å²) in [4.78, 5) is 22.9. The summed E-state index contributed by atoms with van der Waals surface area (Å²) >= 11 is 0. The molecule has 1 amide bonds. The lowest BCUT2D eigenvalue weighted by Gasteiger charge is -2.17. The normalized spacial score (nSPS) is 13.4. The Kier molecular flexibility index (Phi) is 5.14. The fraction of sp³-hybridized carbons (Fsp3) is 0.190. The molecule has 2 N–H and O–H groups in total. The number of carbonyl (C=O) groups is 1. The standard InChI is InChI=1S/C21H20FN5O/c22-18-5-1-2-6-19(18)26-20(28)15-13-23-21(24-14-15)25-16-7-9-17(10-8-16)27-11-3-4-12-27/h1-2,5-10,13-14H,3-4,11-12H2,(H,26,28)(H,23,24,25). The molecule has 7 heteroatoms. The van der Waals surface area contributed by atoms with Crippen LogP contribution in [0.25, 0.3) is 0 Å². The van der Waals surface area contributed by atoms with E-state index in [1.54, 1.807) is 12.1 Å². The van der Waals surface area contributed by atoms with Gasteiger partial charge in [-0.1, -0.05) is 12.1 Å². The van der Waals surface area contributed by atoms with Crippen molar-refractivity contribution in [2.75, 3.05) is 28.6 Å². The quantitative estimate of drug-likeness (QED) is 0.697. The first kappa shape index (κ1) is 17.9. The first-order chi connectivity index (χ1) is 13.7. The van der Waals surface area contributed by atoms with Crippen LogP contribution in [0, 0.1) is 5.82 Å². The molecule has 1 aliphatic heterocycles. The summed E-state index contributed by atoms with van der Waals surface area (Å²) in [6.45, 7) is 2.21. The van der Waals surface area contributed by atoms with E-state index in [1.807, 2.05) is 12.1 Å². The molecule has 1 aliphatic rings. The molecule has 0 bridgehead atoms. The number of nitrogens with zero attached hydrogens (tertiary/aromatic N) is 3. The van der Waals surface area contributed by atoms with Gasteiger partial charge >= 0.3 is 0 Å². The van der Waals surface area contributed by atoms with Crippen molar-refractivity contribution in [2.45, 2.75) is 12.8 Å². The zero-order valence-corrected chi connectivity index (χ0v) is 15.2. The van der Waals surface area contributed by atoms with E-state index in [9.17, 15) is 9.18 Å². The lowest BCUT2D eigenvalue weighted by atomic mass is 10.2. The van der Waals surface area contributed by atoms with Gasteiger partial charge in [0.05, 0.1) is 11.3 Å². The highest BCUT2D eigenvalue weighted by molar-refractivity contribution is 6.03. The number of benzene rings is 2. The SMILES string of the molecule is O=C(Nc1ccccc1F)c1cnc(Nc2ccc(N3CCCC3)cc2)nc1.